The molecule has 0 fully saturated rings. The summed E-state index contributed by atoms with van der Waals surface area (Å²) < 4.78 is 13.5. The summed E-state index contributed by atoms with van der Waals surface area (Å²) in [4.78, 5) is 8.01. The van der Waals surface area contributed by atoms with Crippen LogP contribution in [0.4, 0.5) is 27.7 Å². The zero-order chi connectivity index (χ0) is 13.1. The lowest BCUT2D eigenvalue weighted by Gasteiger charge is -2.08. The van der Waals surface area contributed by atoms with Gasteiger partial charge in [-0.25, -0.2) is 4.39 Å². The first-order valence-corrected chi connectivity index (χ1v) is 5.92. The van der Waals surface area contributed by atoms with Crippen molar-refractivity contribution < 1.29 is 4.39 Å². The number of benzene rings is 1. The van der Waals surface area contributed by atoms with Crippen molar-refractivity contribution in [3.05, 3.63) is 34.6 Å². The zero-order valence-electron chi connectivity index (χ0n) is 9.54. The molecule has 0 unspecified atom stereocenters. The van der Waals surface area contributed by atoms with Crippen LogP contribution in [-0.2, 0) is 0 Å². The van der Waals surface area contributed by atoms with Crippen molar-refractivity contribution in [2.75, 3.05) is 23.4 Å². The summed E-state index contributed by atoms with van der Waals surface area (Å²) >= 11 is 3.12. The van der Waals surface area contributed by atoms with E-state index in [0.717, 1.165) is 0 Å². The predicted octanol–water partition coefficient (Wildman–Crippen LogP) is 2.75. The third-order valence-electron chi connectivity index (χ3n) is 2.19. The number of aromatic nitrogens is 2. The molecule has 7 heteroatoms. The molecule has 4 N–H and O–H groups in total. The summed E-state index contributed by atoms with van der Waals surface area (Å²) in [5, 5.41) is 5.89. The third-order valence-corrected chi connectivity index (χ3v) is 2.80. The molecule has 5 nitrogen and oxygen atoms in total. The van der Waals surface area contributed by atoms with E-state index in [1.807, 2.05) is 0 Å². The molecule has 0 aliphatic heterocycles. The Hall–Kier alpha value is -1.89. The molecule has 0 saturated carbocycles. The van der Waals surface area contributed by atoms with Crippen LogP contribution in [0.15, 0.2) is 28.7 Å². The normalized spacial score (nSPS) is 10.2. The molecule has 1 aromatic carbocycles. The number of nitrogens with one attached hydrogen (secondary N) is 2. The highest BCUT2D eigenvalue weighted by Gasteiger charge is 2.04. The number of anilines is 4. The number of nitrogen functional groups attached to an aromatic ring is 1. The molecule has 18 heavy (non-hydrogen) atoms. The fraction of sp³-hybridized carbons (Fsp3) is 0.0909. The van der Waals surface area contributed by atoms with Crippen molar-refractivity contribution in [2.24, 2.45) is 0 Å². The quantitative estimate of drug-likeness (QED) is 0.812. The van der Waals surface area contributed by atoms with Crippen LogP contribution in [0, 0.1) is 5.82 Å². The van der Waals surface area contributed by atoms with E-state index in [4.69, 9.17) is 5.73 Å². The van der Waals surface area contributed by atoms with E-state index in [1.54, 1.807) is 25.2 Å². The monoisotopic (exact) mass is 311 g/mol. The third kappa shape index (κ3) is 2.86. The first kappa shape index (κ1) is 12.6. The highest BCUT2D eigenvalue weighted by Crippen LogP contribution is 2.23. The minimum Gasteiger partial charge on any atom is -0.373 e. The molecular weight excluding hydrogens is 301 g/mol. The fourth-order valence-electron chi connectivity index (χ4n) is 1.38. The van der Waals surface area contributed by atoms with Gasteiger partial charge in [-0.3, -0.25) is 0 Å². The van der Waals surface area contributed by atoms with E-state index in [1.165, 1.54) is 6.07 Å². The van der Waals surface area contributed by atoms with Gasteiger partial charge < -0.3 is 16.4 Å². The van der Waals surface area contributed by atoms with Gasteiger partial charge in [0.2, 0.25) is 5.95 Å². The van der Waals surface area contributed by atoms with E-state index in [9.17, 15) is 4.39 Å². The highest BCUT2D eigenvalue weighted by atomic mass is 79.9. The second-order valence-electron chi connectivity index (χ2n) is 3.50. The van der Waals surface area contributed by atoms with Gasteiger partial charge in [-0.15, -0.1) is 0 Å². The molecule has 0 radical (unpaired) electrons. The van der Waals surface area contributed by atoms with Crippen molar-refractivity contribution in [1.82, 2.24) is 9.97 Å². The second-order valence-corrected chi connectivity index (χ2v) is 4.35. The fourth-order valence-corrected chi connectivity index (χ4v) is 1.76. The highest BCUT2D eigenvalue weighted by molar-refractivity contribution is 9.10. The molecule has 0 aliphatic rings. The van der Waals surface area contributed by atoms with Crippen molar-refractivity contribution in [3.8, 4) is 0 Å². The van der Waals surface area contributed by atoms with Crippen LogP contribution in [0.5, 0.6) is 0 Å². The van der Waals surface area contributed by atoms with Gasteiger partial charge in [0.05, 0.1) is 4.47 Å². The largest absolute Gasteiger partial charge is 0.373 e. The average molecular weight is 312 g/mol. The van der Waals surface area contributed by atoms with Gasteiger partial charge >= 0.3 is 0 Å². The number of nitrogens with two attached hydrogens (primary N) is 1. The summed E-state index contributed by atoms with van der Waals surface area (Å²) in [6.45, 7) is 0. The van der Waals surface area contributed by atoms with Crippen LogP contribution in [0.2, 0.25) is 0 Å². The molecule has 2 rings (SSSR count). The van der Waals surface area contributed by atoms with Crippen LogP contribution in [0.1, 0.15) is 0 Å². The maximum absolute atomic E-state index is 13.1. The summed E-state index contributed by atoms with van der Waals surface area (Å²) in [5.74, 6) is 0.973. The van der Waals surface area contributed by atoms with Gasteiger partial charge in [0, 0.05) is 18.8 Å². The van der Waals surface area contributed by atoms with E-state index in [0.29, 0.717) is 21.8 Å². The molecule has 94 valence electrons. The number of rotatable bonds is 3. The Labute approximate surface area is 112 Å². The number of hydrogen-bond acceptors (Lipinski definition) is 5. The maximum atomic E-state index is 13.1. The average Bonchev–Trinajstić information content (AvgIpc) is 2.33. The van der Waals surface area contributed by atoms with E-state index in [-0.39, 0.29) is 11.8 Å². The standard InChI is InChI=1S/C11H11BrFN5/c1-15-9-5-10(18-11(14)17-9)16-6-2-3-8(13)7(12)4-6/h2-5H,1H3,(H4,14,15,16,17,18). The topological polar surface area (TPSA) is 75.9 Å². The molecule has 2 aromatic rings. The molecule has 0 spiro atoms. The van der Waals surface area contributed by atoms with E-state index in [2.05, 4.69) is 36.5 Å². The Bertz CT molecular complexity index is 575. The van der Waals surface area contributed by atoms with Crippen LogP contribution in [0.25, 0.3) is 0 Å². The van der Waals surface area contributed by atoms with E-state index < -0.39 is 0 Å². The van der Waals surface area contributed by atoms with Gasteiger partial charge in [-0.2, -0.15) is 9.97 Å². The molecule has 0 bridgehead atoms. The van der Waals surface area contributed by atoms with Crippen molar-refractivity contribution in [3.63, 3.8) is 0 Å². The number of halogens is 2. The first-order valence-electron chi connectivity index (χ1n) is 5.13. The van der Waals surface area contributed by atoms with Crippen LogP contribution in [0.3, 0.4) is 0 Å². The molecule has 0 amide bonds. The van der Waals surface area contributed by atoms with Gasteiger partial charge in [0.15, 0.2) is 0 Å². The van der Waals surface area contributed by atoms with Gasteiger partial charge in [-0.1, -0.05) is 0 Å². The van der Waals surface area contributed by atoms with Crippen LogP contribution in [-0.4, -0.2) is 17.0 Å². The summed E-state index contributed by atoms with van der Waals surface area (Å²) in [6.07, 6.45) is 0. The molecule has 1 heterocycles. The maximum Gasteiger partial charge on any atom is 0.223 e. The Balaban J connectivity index is 2.27. The SMILES string of the molecule is CNc1cc(Nc2ccc(F)c(Br)c2)nc(N)n1. The van der Waals surface area contributed by atoms with Crippen LogP contribution < -0.4 is 16.4 Å². The van der Waals surface area contributed by atoms with Crippen molar-refractivity contribution in [2.45, 2.75) is 0 Å². The lowest BCUT2D eigenvalue weighted by molar-refractivity contribution is 0.621. The Morgan fingerprint density at radius 2 is 1.94 bits per heavy atom. The predicted molar refractivity (Wildman–Crippen MR) is 73.4 cm³/mol. The molecule has 0 atom stereocenters. The van der Waals surface area contributed by atoms with Crippen molar-refractivity contribution >= 4 is 39.2 Å². The van der Waals surface area contributed by atoms with Crippen LogP contribution >= 0.6 is 15.9 Å². The molecule has 0 aliphatic carbocycles. The summed E-state index contributed by atoms with van der Waals surface area (Å²) in [6, 6.07) is 6.29. The van der Waals surface area contributed by atoms with Gasteiger partial charge in [-0.05, 0) is 34.1 Å². The minimum absolute atomic E-state index is 0.158. The number of nitrogens with zero attached hydrogens (tertiary/aromatic N) is 2. The second kappa shape index (κ2) is 5.18. The Morgan fingerprint density at radius 1 is 1.22 bits per heavy atom. The Morgan fingerprint density at radius 3 is 2.61 bits per heavy atom. The van der Waals surface area contributed by atoms with Gasteiger partial charge in [0.1, 0.15) is 17.5 Å². The Kier molecular flexibility index (Phi) is 3.61. The zero-order valence-corrected chi connectivity index (χ0v) is 11.1. The lowest BCUT2D eigenvalue weighted by atomic mass is 10.3. The van der Waals surface area contributed by atoms with Gasteiger partial charge in [0.25, 0.3) is 0 Å². The smallest absolute Gasteiger partial charge is 0.223 e. The lowest BCUT2D eigenvalue weighted by Crippen LogP contribution is -2.03. The molecular formula is C11H11BrFN5. The minimum atomic E-state index is -0.321. The number of hydrogen-bond donors (Lipinski definition) is 3. The molecule has 1 aromatic heterocycles. The summed E-state index contributed by atoms with van der Waals surface area (Å²) in [7, 11) is 1.74. The first-order chi connectivity index (χ1) is 8.58. The molecule has 0 saturated heterocycles. The van der Waals surface area contributed by atoms with Crippen molar-refractivity contribution in [1.29, 1.82) is 0 Å². The summed E-state index contributed by atoms with van der Waals surface area (Å²) in [5.41, 5.74) is 6.27. The van der Waals surface area contributed by atoms with E-state index >= 15 is 0 Å².